The van der Waals surface area contributed by atoms with Gasteiger partial charge in [0.05, 0.1) is 15.9 Å². The van der Waals surface area contributed by atoms with Gasteiger partial charge in [-0.3, -0.25) is 20.2 Å². The highest BCUT2D eigenvalue weighted by Gasteiger charge is 2.19. The molecule has 7 heteroatoms. The van der Waals surface area contributed by atoms with Crippen LogP contribution in [0.5, 0.6) is 0 Å². The van der Waals surface area contributed by atoms with E-state index >= 15 is 0 Å². The van der Waals surface area contributed by atoms with Crippen LogP contribution in [-0.2, 0) is 6.54 Å². The van der Waals surface area contributed by atoms with Crippen molar-refractivity contribution in [3.8, 4) is 0 Å². The smallest absolute Gasteiger partial charge is 0.280 e. The van der Waals surface area contributed by atoms with Crippen LogP contribution in [0.4, 0.5) is 11.4 Å². The lowest BCUT2D eigenvalue weighted by Crippen LogP contribution is -2.21. The van der Waals surface area contributed by atoms with E-state index in [0.717, 1.165) is 24.9 Å². The fourth-order valence-electron chi connectivity index (χ4n) is 2.30. The van der Waals surface area contributed by atoms with Gasteiger partial charge < -0.3 is 5.32 Å². The average molecular weight is 279 g/mol. The molecule has 0 atom stereocenters. The Bertz CT molecular complexity index is 514. The molecule has 1 fully saturated rings. The lowest BCUT2D eigenvalue weighted by atomic mass is 9.83. The minimum Gasteiger partial charge on any atom is -0.312 e. The summed E-state index contributed by atoms with van der Waals surface area (Å²) in [5, 5.41) is 24.7. The Kier molecular flexibility index (Phi) is 4.62. The number of nitro benzene ring substituents is 2. The second-order valence-electron chi connectivity index (χ2n) is 5.09. The van der Waals surface area contributed by atoms with Crippen molar-refractivity contribution >= 4 is 11.4 Å². The van der Waals surface area contributed by atoms with Crippen LogP contribution >= 0.6 is 0 Å². The Morgan fingerprint density at radius 2 is 1.95 bits per heavy atom. The minimum absolute atomic E-state index is 0.199. The monoisotopic (exact) mass is 279 g/mol. The van der Waals surface area contributed by atoms with Crippen LogP contribution < -0.4 is 5.32 Å². The Hall–Kier alpha value is -2.02. The van der Waals surface area contributed by atoms with Crippen LogP contribution in [0.3, 0.4) is 0 Å². The van der Waals surface area contributed by atoms with E-state index in [1.807, 2.05) is 0 Å². The third-order valence-corrected chi connectivity index (χ3v) is 3.75. The normalized spacial score (nSPS) is 14.8. The molecular weight excluding hydrogens is 262 g/mol. The topological polar surface area (TPSA) is 98.3 Å². The molecule has 0 heterocycles. The first kappa shape index (κ1) is 14.4. The molecule has 0 amide bonds. The van der Waals surface area contributed by atoms with Crippen molar-refractivity contribution in [1.29, 1.82) is 0 Å². The maximum Gasteiger partial charge on any atom is 0.280 e. The van der Waals surface area contributed by atoms with Gasteiger partial charge in [-0.2, -0.15) is 0 Å². The first-order valence-electron chi connectivity index (χ1n) is 6.70. The average Bonchev–Trinajstić information content (AvgIpc) is 2.36. The van der Waals surface area contributed by atoms with Crippen molar-refractivity contribution in [3.05, 3.63) is 44.0 Å². The molecule has 0 spiro atoms. The van der Waals surface area contributed by atoms with Crippen molar-refractivity contribution in [3.63, 3.8) is 0 Å². The van der Waals surface area contributed by atoms with E-state index in [0.29, 0.717) is 12.1 Å². The molecule has 1 N–H and O–H groups in total. The molecule has 1 aliphatic rings. The summed E-state index contributed by atoms with van der Waals surface area (Å²) in [5.41, 5.74) is 0.0273. The molecule has 0 aliphatic heterocycles. The van der Waals surface area contributed by atoms with Crippen LogP contribution in [0.15, 0.2) is 18.2 Å². The fraction of sp³-hybridized carbons (Fsp3) is 0.538. The Balaban J connectivity index is 1.95. The van der Waals surface area contributed by atoms with Gasteiger partial charge in [-0.25, -0.2) is 0 Å². The highest BCUT2D eigenvalue weighted by Crippen LogP contribution is 2.29. The van der Waals surface area contributed by atoms with Gasteiger partial charge in [-0.1, -0.05) is 19.3 Å². The summed E-state index contributed by atoms with van der Waals surface area (Å²) in [6.45, 7) is 1.18. The standard InChI is InChI=1S/C13H17N3O4/c17-15(18)12-5-4-11(13(8-12)16(19)20)9-14-7-6-10-2-1-3-10/h4-5,8,10,14H,1-3,6-7,9H2. The second kappa shape index (κ2) is 6.42. The van der Waals surface area contributed by atoms with E-state index in [4.69, 9.17) is 0 Å². The number of nitrogens with zero attached hydrogens (tertiary/aromatic N) is 2. The number of nitrogens with one attached hydrogen (secondary N) is 1. The van der Waals surface area contributed by atoms with Gasteiger partial charge in [0.25, 0.3) is 11.4 Å². The van der Waals surface area contributed by atoms with E-state index in [-0.39, 0.29) is 11.4 Å². The molecule has 7 nitrogen and oxygen atoms in total. The quantitative estimate of drug-likeness (QED) is 0.470. The van der Waals surface area contributed by atoms with E-state index in [1.54, 1.807) is 0 Å². The summed E-state index contributed by atoms with van der Waals surface area (Å²) >= 11 is 0. The predicted molar refractivity (Wildman–Crippen MR) is 73.4 cm³/mol. The van der Waals surface area contributed by atoms with Crippen molar-refractivity contribution in [2.45, 2.75) is 32.2 Å². The van der Waals surface area contributed by atoms with E-state index in [1.165, 1.54) is 31.4 Å². The maximum atomic E-state index is 10.9. The van der Waals surface area contributed by atoms with Crippen LogP contribution in [-0.4, -0.2) is 16.4 Å². The molecule has 0 aromatic heterocycles. The first-order valence-corrected chi connectivity index (χ1v) is 6.70. The highest BCUT2D eigenvalue weighted by molar-refractivity contribution is 5.49. The van der Waals surface area contributed by atoms with Gasteiger partial charge in [0.2, 0.25) is 0 Å². The van der Waals surface area contributed by atoms with Crippen LogP contribution in [0.25, 0.3) is 0 Å². The van der Waals surface area contributed by atoms with Crippen molar-refractivity contribution < 1.29 is 9.85 Å². The van der Waals surface area contributed by atoms with Crippen LogP contribution in [0, 0.1) is 26.1 Å². The number of nitro groups is 2. The third-order valence-electron chi connectivity index (χ3n) is 3.75. The van der Waals surface area contributed by atoms with Crippen molar-refractivity contribution in [2.24, 2.45) is 5.92 Å². The fourth-order valence-corrected chi connectivity index (χ4v) is 2.30. The van der Waals surface area contributed by atoms with Gasteiger partial charge >= 0.3 is 0 Å². The SMILES string of the molecule is O=[N+]([O-])c1ccc(CNCCC2CCC2)c([N+](=O)[O-])c1. The molecular formula is C13H17N3O4. The van der Waals surface area contributed by atoms with Gasteiger partial charge in [0, 0.05) is 18.2 Å². The number of hydrogen-bond donors (Lipinski definition) is 1. The Morgan fingerprint density at radius 1 is 1.20 bits per heavy atom. The van der Waals surface area contributed by atoms with E-state index < -0.39 is 9.85 Å². The zero-order valence-corrected chi connectivity index (χ0v) is 11.1. The molecule has 0 bridgehead atoms. The molecule has 1 saturated carbocycles. The molecule has 1 aromatic rings. The van der Waals surface area contributed by atoms with Gasteiger partial charge in [0.1, 0.15) is 0 Å². The number of hydrogen-bond acceptors (Lipinski definition) is 5. The summed E-state index contributed by atoms with van der Waals surface area (Å²) in [7, 11) is 0. The number of benzene rings is 1. The van der Waals surface area contributed by atoms with E-state index in [9.17, 15) is 20.2 Å². The summed E-state index contributed by atoms with van der Waals surface area (Å²) in [6, 6.07) is 3.77. The zero-order valence-electron chi connectivity index (χ0n) is 11.1. The second-order valence-corrected chi connectivity index (χ2v) is 5.09. The number of non-ortho nitro benzene ring substituents is 1. The lowest BCUT2D eigenvalue weighted by Gasteiger charge is -2.25. The molecule has 2 rings (SSSR count). The Morgan fingerprint density at radius 3 is 2.50 bits per heavy atom. The van der Waals surface area contributed by atoms with Crippen molar-refractivity contribution in [1.82, 2.24) is 5.32 Å². The molecule has 1 aliphatic carbocycles. The van der Waals surface area contributed by atoms with Crippen molar-refractivity contribution in [2.75, 3.05) is 6.54 Å². The third kappa shape index (κ3) is 3.51. The molecule has 0 unspecified atom stereocenters. The molecule has 0 radical (unpaired) electrons. The minimum atomic E-state index is -0.624. The van der Waals surface area contributed by atoms with Gasteiger partial charge in [0.15, 0.2) is 0 Å². The summed E-state index contributed by atoms with van der Waals surface area (Å²) < 4.78 is 0. The Labute approximate surface area is 116 Å². The maximum absolute atomic E-state index is 10.9. The highest BCUT2D eigenvalue weighted by atomic mass is 16.6. The van der Waals surface area contributed by atoms with Crippen LogP contribution in [0.2, 0.25) is 0 Å². The molecule has 108 valence electrons. The molecule has 0 saturated heterocycles. The van der Waals surface area contributed by atoms with Gasteiger partial charge in [-0.05, 0) is 24.9 Å². The molecule has 20 heavy (non-hydrogen) atoms. The first-order chi connectivity index (χ1) is 9.58. The van der Waals surface area contributed by atoms with Crippen LogP contribution in [0.1, 0.15) is 31.2 Å². The largest absolute Gasteiger partial charge is 0.312 e. The summed E-state index contributed by atoms with van der Waals surface area (Å²) in [4.78, 5) is 20.4. The summed E-state index contributed by atoms with van der Waals surface area (Å²) in [5.74, 6) is 0.786. The lowest BCUT2D eigenvalue weighted by molar-refractivity contribution is -0.394. The summed E-state index contributed by atoms with van der Waals surface area (Å²) in [6.07, 6.45) is 4.94. The van der Waals surface area contributed by atoms with Gasteiger partial charge in [-0.15, -0.1) is 0 Å². The predicted octanol–water partition coefficient (Wildman–Crippen LogP) is 2.78. The molecule has 1 aromatic carbocycles. The van der Waals surface area contributed by atoms with E-state index in [2.05, 4.69) is 5.32 Å². The number of rotatable bonds is 7. The zero-order chi connectivity index (χ0) is 14.5.